The Morgan fingerprint density at radius 1 is 1.21 bits per heavy atom. The second-order valence-electron chi connectivity index (χ2n) is 4.46. The summed E-state index contributed by atoms with van der Waals surface area (Å²) in [6.07, 6.45) is 1.67. The Morgan fingerprint density at radius 2 is 2.05 bits per heavy atom. The Hall–Kier alpha value is -2.49. The standard InChI is InChI=1S/C15H15N3O/c1-18-13-4-3-5-15(19-2)11(13)8-14(18)12-7-6-10(16)9-17-12/h3-9H,16H2,1-2H3. The number of rotatable bonds is 2. The number of pyridine rings is 1. The van der Waals surface area contributed by atoms with Gasteiger partial charge in [0, 0.05) is 12.4 Å². The molecule has 4 nitrogen and oxygen atoms in total. The van der Waals surface area contributed by atoms with E-state index in [1.54, 1.807) is 13.3 Å². The van der Waals surface area contributed by atoms with Crippen LogP contribution in [0.2, 0.25) is 0 Å². The number of nitrogens with zero attached hydrogens (tertiary/aromatic N) is 2. The average molecular weight is 253 g/mol. The molecule has 2 N–H and O–H groups in total. The minimum atomic E-state index is 0.667. The van der Waals surface area contributed by atoms with Crippen molar-refractivity contribution < 1.29 is 4.74 Å². The Labute approximate surface area is 111 Å². The van der Waals surface area contributed by atoms with Crippen LogP contribution in [0.4, 0.5) is 5.69 Å². The molecular weight excluding hydrogens is 238 g/mol. The molecule has 0 atom stereocenters. The highest BCUT2D eigenvalue weighted by Crippen LogP contribution is 2.32. The van der Waals surface area contributed by atoms with Gasteiger partial charge in [-0.3, -0.25) is 4.98 Å². The van der Waals surface area contributed by atoms with E-state index in [4.69, 9.17) is 10.5 Å². The molecule has 0 aliphatic heterocycles. The van der Waals surface area contributed by atoms with Gasteiger partial charge in [0.2, 0.25) is 0 Å². The van der Waals surface area contributed by atoms with Crippen molar-refractivity contribution in [1.29, 1.82) is 0 Å². The van der Waals surface area contributed by atoms with Gasteiger partial charge < -0.3 is 15.0 Å². The number of hydrogen-bond donors (Lipinski definition) is 1. The van der Waals surface area contributed by atoms with E-state index in [0.717, 1.165) is 28.0 Å². The summed E-state index contributed by atoms with van der Waals surface area (Å²) in [7, 11) is 3.71. The van der Waals surface area contributed by atoms with Crippen molar-refractivity contribution in [1.82, 2.24) is 9.55 Å². The van der Waals surface area contributed by atoms with Gasteiger partial charge in [0.25, 0.3) is 0 Å². The Balaban J connectivity index is 2.25. The van der Waals surface area contributed by atoms with Gasteiger partial charge in [-0.1, -0.05) is 6.07 Å². The predicted molar refractivity (Wildman–Crippen MR) is 77.1 cm³/mol. The van der Waals surface area contributed by atoms with Crippen molar-refractivity contribution in [3.05, 3.63) is 42.6 Å². The highest BCUT2D eigenvalue weighted by molar-refractivity contribution is 5.91. The van der Waals surface area contributed by atoms with E-state index in [9.17, 15) is 0 Å². The van der Waals surface area contributed by atoms with E-state index in [0.29, 0.717) is 5.69 Å². The highest BCUT2D eigenvalue weighted by atomic mass is 16.5. The molecule has 0 aliphatic rings. The number of methoxy groups -OCH3 is 1. The summed E-state index contributed by atoms with van der Waals surface area (Å²) in [6, 6.07) is 11.9. The molecule has 0 unspecified atom stereocenters. The van der Waals surface area contributed by atoms with Crippen LogP contribution in [0.15, 0.2) is 42.6 Å². The van der Waals surface area contributed by atoms with Crippen molar-refractivity contribution in [2.45, 2.75) is 0 Å². The van der Waals surface area contributed by atoms with Crippen LogP contribution in [-0.4, -0.2) is 16.7 Å². The van der Waals surface area contributed by atoms with Crippen LogP contribution in [0.5, 0.6) is 5.75 Å². The molecule has 3 rings (SSSR count). The SMILES string of the molecule is COc1cccc2c1cc(-c1ccc(N)cn1)n2C. The van der Waals surface area contributed by atoms with E-state index in [-0.39, 0.29) is 0 Å². The summed E-state index contributed by atoms with van der Waals surface area (Å²) in [5, 5.41) is 1.08. The second-order valence-corrected chi connectivity index (χ2v) is 4.46. The third kappa shape index (κ3) is 1.81. The zero-order chi connectivity index (χ0) is 13.4. The minimum absolute atomic E-state index is 0.667. The van der Waals surface area contributed by atoms with Crippen molar-refractivity contribution in [2.75, 3.05) is 12.8 Å². The van der Waals surface area contributed by atoms with Crippen LogP contribution in [0, 0.1) is 0 Å². The molecule has 0 saturated carbocycles. The Morgan fingerprint density at radius 3 is 2.74 bits per heavy atom. The summed E-state index contributed by atoms with van der Waals surface area (Å²) < 4.78 is 7.50. The number of hydrogen-bond acceptors (Lipinski definition) is 3. The Kier molecular flexibility index (Phi) is 2.63. The lowest BCUT2D eigenvalue weighted by Gasteiger charge is -2.04. The third-order valence-electron chi connectivity index (χ3n) is 3.32. The fraction of sp³-hybridized carbons (Fsp3) is 0.133. The fourth-order valence-electron chi connectivity index (χ4n) is 2.31. The van der Waals surface area contributed by atoms with E-state index in [1.165, 1.54) is 0 Å². The van der Waals surface area contributed by atoms with Crippen LogP contribution >= 0.6 is 0 Å². The van der Waals surface area contributed by atoms with E-state index in [2.05, 4.69) is 21.7 Å². The molecule has 0 amide bonds. The predicted octanol–water partition coefficient (Wildman–Crippen LogP) is 2.83. The van der Waals surface area contributed by atoms with Gasteiger partial charge in [-0.05, 0) is 30.3 Å². The summed E-state index contributed by atoms with van der Waals surface area (Å²) in [5.74, 6) is 0.870. The lowest BCUT2D eigenvalue weighted by atomic mass is 10.2. The first-order chi connectivity index (χ1) is 9.20. The topological polar surface area (TPSA) is 53.1 Å². The molecule has 2 heterocycles. The fourth-order valence-corrected chi connectivity index (χ4v) is 2.31. The summed E-state index contributed by atoms with van der Waals surface area (Å²) >= 11 is 0. The quantitative estimate of drug-likeness (QED) is 0.764. The number of nitrogens with two attached hydrogens (primary N) is 1. The maximum absolute atomic E-state index is 5.67. The molecule has 0 aliphatic carbocycles. The maximum Gasteiger partial charge on any atom is 0.128 e. The molecule has 0 spiro atoms. The Bertz CT molecular complexity index is 729. The van der Waals surface area contributed by atoms with E-state index >= 15 is 0 Å². The molecule has 3 aromatic rings. The number of nitrogen functional groups attached to an aromatic ring is 1. The molecule has 0 radical (unpaired) electrons. The number of benzene rings is 1. The lowest BCUT2D eigenvalue weighted by molar-refractivity contribution is 0.420. The van der Waals surface area contributed by atoms with Gasteiger partial charge in [-0.15, -0.1) is 0 Å². The van der Waals surface area contributed by atoms with E-state index < -0.39 is 0 Å². The third-order valence-corrected chi connectivity index (χ3v) is 3.32. The molecule has 2 aromatic heterocycles. The molecule has 19 heavy (non-hydrogen) atoms. The monoisotopic (exact) mass is 253 g/mol. The summed E-state index contributed by atoms with van der Waals surface area (Å²) in [4.78, 5) is 4.37. The summed E-state index contributed by atoms with van der Waals surface area (Å²) in [6.45, 7) is 0. The molecular formula is C15H15N3O. The number of anilines is 1. The molecule has 0 fully saturated rings. The van der Waals surface area contributed by atoms with Crippen LogP contribution in [0.1, 0.15) is 0 Å². The largest absolute Gasteiger partial charge is 0.496 e. The van der Waals surface area contributed by atoms with Crippen molar-refractivity contribution in [2.24, 2.45) is 7.05 Å². The van der Waals surface area contributed by atoms with Crippen LogP contribution in [0.25, 0.3) is 22.3 Å². The highest BCUT2D eigenvalue weighted by Gasteiger charge is 2.11. The smallest absolute Gasteiger partial charge is 0.128 e. The molecule has 4 heteroatoms. The number of aromatic nitrogens is 2. The lowest BCUT2D eigenvalue weighted by Crippen LogP contribution is -1.94. The average Bonchev–Trinajstić information content (AvgIpc) is 2.77. The van der Waals surface area contributed by atoms with Gasteiger partial charge in [0.15, 0.2) is 0 Å². The number of fused-ring (bicyclic) bond motifs is 1. The van der Waals surface area contributed by atoms with Crippen LogP contribution in [0.3, 0.4) is 0 Å². The maximum atomic E-state index is 5.67. The van der Waals surface area contributed by atoms with Gasteiger partial charge >= 0.3 is 0 Å². The van der Waals surface area contributed by atoms with Crippen LogP contribution in [-0.2, 0) is 7.05 Å². The first kappa shape index (κ1) is 11.6. The van der Waals surface area contributed by atoms with Gasteiger partial charge in [0.1, 0.15) is 5.75 Å². The zero-order valence-corrected chi connectivity index (χ0v) is 10.9. The van der Waals surface area contributed by atoms with Gasteiger partial charge in [0.05, 0.1) is 35.9 Å². The zero-order valence-electron chi connectivity index (χ0n) is 10.9. The van der Waals surface area contributed by atoms with Crippen molar-refractivity contribution in [3.8, 4) is 17.1 Å². The van der Waals surface area contributed by atoms with Gasteiger partial charge in [-0.25, -0.2) is 0 Å². The second kappa shape index (κ2) is 4.31. The molecule has 0 bridgehead atoms. The van der Waals surface area contributed by atoms with E-state index in [1.807, 2.05) is 31.3 Å². The molecule has 1 aromatic carbocycles. The van der Waals surface area contributed by atoms with Crippen LogP contribution < -0.4 is 10.5 Å². The van der Waals surface area contributed by atoms with Crippen molar-refractivity contribution >= 4 is 16.6 Å². The normalized spacial score (nSPS) is 10.8. The first-order valence-corrected chi connectivity index (χ1v) is 6.05. The number of ether oxygens (including phenoxy) is 1. The molecule has 0 saturated heterocycles. The first-order valence-electron chi connectivity index (χ1n) is 6.05. The van der Waals surface area contributed by atoms with Gasteiger partial charge in [-0.2, -0.15) is 0 Å². The minimum Gasteiger partial charge on any atom is -0.496 e. The van der Waals surface area contributed by atoms with Crippen molar-refractivity contribution in [3.63, 3.8) is 0 Å². The number of aryl methyl sites for hydroxylation is 1. The summed E-state index contributed by atoms with van der Waals surface area (Å²) in [5.41, 5.74) is 9.40. The molecule has 96 valence electrons.